The van der Waals surface area contributed by atoms with Crippen LogP contribution in [0.1, 0.15) is 18.4 Å². The number of rotatable bonds is 3. The summed E-state index contributed by atoms with van der Waals surface area (Å²) in [5, 5.41) is 8.94. The summed E-state index contributed by atoms with van der Waals surface area (Å²) < 4.78 is 37.6. The number of alkyl halides is 3. The molecule has 0 amide bonds. The van der Waals surface area contributed by atoms with E-state index in [0.29, 0.717) is 12.8 Å². The fraction of sp³-hybridized carbons (Fsp3) is 0.455. The van der Waals surface area contributed by atoms with Gasteiger partial charge in [0, 0.05) is 6.04 Å². The summed E-state index contributed by atoms with van der Waals surface area (Å²) in [6, 6.07) is 2.99. The summed E-state index contributed by atoms with van der Waals surface area (Å²) in [5.41, 5.74) is 5.81. The molecule has 1 aliphatic rings. The van der Waals surface area contributed by atoms with Crippen molar-refractivity contribution >= 4 is 11.5 Å². The second-order valence-electron chi connectivity index (χ2n) is 4.23. The molecule has 2 rings (SSSR count). The highest BCUT2D eigenvalue weighted by molar-refractivity contribution is 5.60. The summed E-state index contributed by atoms with van der Waals surface area (Å²) in [4.78, 5) is 5.01. The smallest absolute Gasteiger partial charge is 0.397 e. The van der Waals surface area contributed by atoms with Crippen molar-refractivity contribution in [3.05, 3.63) is 17.8 Å². The van der Waals surface area contributed by atoms with E-state index in [-0.39, 0.29) is 23.1 Å². The van der Waals surface area contributed by atoms with E-state index in [1.165, 1.54) is 12.3 Å². The van der Waals surface area contributed by atoms with Crippen LogP contribution in [-0.4, -0.2) is 23.7 Å². The molecule has 2 N–H and O–H groups in total. The minimum atomic E-state index is -4.32. The minimum Gasteiger partial charge on any atom is -0.397 e. The number of aromatic nitrogens is 1. The fourth-order valence-electron chi connectivity index (χ4n) is 1.74. The second kappa shape index (κ2) is 4.37. The Labute approximate surface area is 102 Å². The molecule has 0 atom stereocenters. The lowest BCUT2D eigenvalue weighted by Crippen LogP contribution is -2.37. The molecule has 1 saturated carbocycles. The van der Waals surface area contributed by atoms with E-state index in [1.54, 1.807) is 0 Å². The van der Waals surface area contributed by atoms with Gasteiger partial charge in [0.05, 0.1) is 17.4 Å². The molecule has 1 heterocycles. The summed E-state index contributed by atoms with van der Waals surface area (Å²) in [7, 11) is 0. The van der Waals surface area contributed by atoms with Crippen molar-refractivity contribution in [3.8, 4) is 6.07 Å². The Kier molecular flexibility index (Phi) is 3.03. The van der Waals surface area contributed by atoms with Crippen LogP contribution < -0.4 is 10.6 Å². The first-order valence-electron chi connectivity index (χ1n) is 5.40. The number of halogens is 3. The van der Waals surface area contributed by atoms with Gasteiger partial charge in [-0.2, -0.15) is 18.4 Å². The fourth-order valence-corrected chi connectivity index (χ4v) is 1.74. The van der Waals surface area contributed by atoms with Crippen LogP contribution in [0.5, 0.6) is 0 Å². The van der Waals surface area contributed by atoms with Crippen molar-refractivity contribution in [2.75, 3.05) is 17.2 Å². The highest BCUT2D eigenvalue weighted by Crippen LogP contribution is 2.35. The van der Waals surface area contributed by atoms with E-state index in [9.17, 15) is 13.2 Å². The molecule has 0 aliphatic heterocycles. The number of hydrogen-bond acceptors (Lipinski definition) is 4. The van der Waals surface area contributed by atoms with E-state index in [1.807, 2.05) is 6.07 Å². The summed E-state index contributed by atoms with van der Waals surface area (Å²) in [6.45, 7) is -1.09. The highest BCUT2D eigenvalue weighted by Gasteiger charge is 2.39. The Morgan fingerprint density at radius 1 is 1.50 bits per heavy atom. The number of nitrogens with zero attached hydrogens (tertiary/aromatic N) is 3. The van der Waals surface area contributed by atoms with Crippen LogP contribution in [0.2, 0.25) is 0 Å². The van der Waals surface area contributed by atoms with Crippen LogP contribution in [0, 0.1) is 11.3 Å². The van der Waals surface area contributed by atoms with Gasteiger partial charge in [-0.15, -0.1) is 0 Å². The first kappa shape index (κ1) is 12.5. The predicted octanol–water partition coefficient (Wildman–Crippen LogP) is 2.07. The number of nitrogens with two attached hydrogens (primary N) is 1. The van der Waals surface area contributed by atoms with E-state index < -0.39 is 12.7 Å². The standard InChI is InChI=1S/C11H11F3N4/c12-11(13,14)6-18(9-1-2-9)10-7(4-15)3-8(16)5-17-10/h3,5,9H,1-2,6,16H2. The number of nitriles is 1. The quantitative estimate of drug-likeness (QED) is 0.899. The molecule has 7 heteroatoms. The third-order valence-electron chi connectivity index (χ3n) is 2.62. The van der Waals surface area contributed by atoms with Crippen LogP contribution in [0.4, 0.5) is 24.7 Å². The van der Waals surface area contributed by atoms with Gasteiger partial charge < -0.3 is 10.6 Å². The average molecular weight is 256 g/mol. The Bertz CT molecular complexity index is 488. The van der Waals surface area contributed by atoms with Gasteiger partial charge in [0.25, 0.3) is 0 Å². The van der Waals surface area contributed by atoms with Crippen molar-refractivity contribution in [3.63, 3.8) is 0 Å². The Balaban J connectivity index is 2.34. The molecular formula is C11H11F3N4. The van der Waals surface area contributed by atoms with E-state index in [0.717, 1.165) is 4.90 Å². The maximum Gasteiger partial charge on any atom is 0.405 e. The van der Waals surface area contributed by atoms with Crippen molar-refractivity contribution < 1.29 is 13.2 Å². The molecule has 0 spiro atoms. The zero-order valence-corrected chi connectivity index (χ0v) is 9.41. The largest absolute Gasteiger partial charge is 0.405 e. The topological polar surface area (TPSA) is 65.9 Å². The number of hydrogen-bond donors (Lipinski definition) is 1. The SMILES string of the molecule is N#Cc1cc(N)cnc1N(CC(F)(F)F)C1CC1. The first-order valence-corrected chi connectivity index (χ1v) is 5.40. The van der Waals surface area contributed by atoms with Gasteiger partial charge >= 0.3 is 6.18 Å². The van der Waals surface area contributed by atoms with Gasteiger partial charge in [-0.1, -0.05) is 0 Å². The van der Waals surface area contributed by atoms with Crippen LogP contribution in [0.3, 0.4) is 0 Å². The van der Waals surface area contributed by atoms with Crippen molar-refractivity contribution in [1.82, 2.24) is 4.98 Å². The Morgan fingerprint density at radius 3 is 2.67 bits per heavy atom. The normalized spacial score (nSPS) is 15.2. The first-order chi connectivity index (χ1) is 8.40. The zero-order valence-electron chi connectivity index (χ0n) is 9.41. The van der Waals surface area contributed by atoms with Gasteiger partial charge in [0.15, 0.2) is 0 Å². The van der Waals surface area contributed by atoms with Crippen LogP contribution in [-0.2, 0) is 0 Å². The van der Waals surface area contributed by atoms with Crippen LogP contribution in [0.15, 0.2) is 12.3 Å². The monoisotopic (exact) mass is 256 g/mol. The van der Waals surface area contributed by atoms with E-state index in [4.69, 9.17) is 11.0 Å². The molecule has 0 unspecified atom stereocenters. The van der Waals surface area contributed by atoms with Gasteiger partial charge in [-0.25, -0.2) is 4.98 Å². The number of anilines is 2. The lowest BCUT2D eigenvalue weighted by atomic mass is 10.2. The van der Waals surface area contributed by atoms with E-state index in [2.05, 4.69) is 4.98 Å². The molecule has 1 aromatic rings. The third kappa shape index (κ3) is 2.83. The average Bonchev–Trinajstić information content (AvgIpc) is 3.08. The molecule has 1 aromatic heterocycles. The maximum atomic E-state index is 12.5. The molecule has 0 aromatic carbocycles. The van der Waals surface area contributed by atoms with Crippen LogP contribution in [0.25, 0.3) is 0 Å². The molecule has 0 radical (unpaired) electrons. The third-order valence-corrected chi connectivity index (χ3v) is 2.62. The molecule has 1 fully saturated rings. The molecule has 96 valence electrons. The summed E-state index contributed by atoms with van der Waals surface area (Å²) in [5.74, 6) is 0.0616. The molecule has 0 saturated heterocycles. The predicted molar refractivity (Wildman–Crippen MR) is 59.8 cm³/mol. The Hall–Kier alpha value is -1.97. The summed E-state index contributed by atoms with van der Waals surface area (Å²) in [6.07, 6.45) is -1.68. The zero-order chi connectivity index (χ0) is 13.3. The lowest BCUT2D eigenvalue weighted by molar-refractivity contribution is -0.120. The van der Waals surface area contributed by atoms with Gasteiger partial charge in [-0.3, -0.25) is 0 Å². The highest BCUT2D eigenvalue weighted by atomic mass is 19.4. The van der Waals surface area contributed by atoms with Gasteiger partial charge in [0.2, 0.25) is 0 Å². The van der Waals surface area contributed by atoms with Gasteiger partial charge in [0.1, 0.15) is 18.4 Å². The summed E-state index contributed by atoms with van der Waals surface area (Å²) >= 11 is 0. The molecule has 0 bridgehead atoms. The lowest BCUT2D eigenvalue weighted by Gasteiger charge is -2.25. The number of pyridine rings is 1. The minimum absolute atomic E-state index is 0.0616. The maximum absolute atomic E-state index is 12.5. The molecule has 18 heavy (non-hydrogen) atoms. The Morgan fingerprint density at radius 2 is 2.17 bits per heavy atom. The van der Waals surface area contributed by atoms with Crippen molar-refractivity contribution in [2.24, 2.45) is 0 Å². The molecule has 4 nitrogen and oxygen atoms in total. The van der Waals surface area contributed by atoms with Gasteiger partial charge in [-0.05, 0) is 18.9 Å². The van der Waals surface area contributed by atoms with E-state index >= 15 is 0 Å². The molecule has 1 aliphatic carbocycles. The second-order valence-corrected chi connectivity index (χ2v) is 4.23. The van der Waals surface area contributed by atoms with Crippen molar-refractivity contribution in [1.29, 1.82) is 5.26 Å². The number of nitrogen functional groups attached to an aromatic ring is 1. The van der Waals surface area contributed by atoms with Crippen LogP contribution >= 0.6 is 0 Å². The molecular weight excluding hydrogens is 245 g/mol. The van der Waals surface area contributed by atoms with Crippen molar-refractivity contribution in [2.45, 2.75) is 25.1 Å².